The van der Waals surface area contributed by atoms with Gasteiger partial charge in [-0.25, -0.2) is 8.42 Å². The second-order valence-electron chi connectivity index (χ2n) is 4.99. The van der Waals surface area contributed by atoms with E-state index in [1.165, 1.54) is 15.8 Å². The number of rotatable bonds is 2. The Hall–Kier alpha value is -1.45. The van der Waals surface area contributed by atoms with Crippen molar-refractivity contribution in [1.82, 2.24) is 0 Å². The van der Waals surface area contributed by atoms with Gasteiger partial charge in [0.1, 0.15) is 18.3 Å². The van der Waals surface area contributed by atoms with Crippen molar-refractivity contribution < 1.29 is 31.2 Å². The van der Waals surface area contributed by atoms with Crippen molar-refractivity contribution >= 4 is 31.8 Å². The Morgan fingerprint density at radius 1 is 1.17 bits per heavy atom. The standard InChI is InChI=1S/C14H16OS.CHF3O3S/c1-4-10-8-9-13(16(2)3)11-6-5-7-12(15)14(10)11;2-1(3,4)8(5,6)7/h5-9H,4H2,1-3H3;(H,5,6,7). The van der Waals surface area contributed by atoms with Crippen molar-refractivity contribution in [2.45, 2.75) is 23.7 Å². The van der Waals surface area contributed by atoms with Crippen LogP contribution in [-0.4, -0.2) is 36.1 Å². The summed E-state index contributed by atoms with van der Waals surface area (Å²) in [6, 6.07) is 10.1. The molecule has 0 heterocycles. The third-order valence-electron chi connectivity index (χ3n) is 3.17. The maximum absolute atomic E-state index is 10.7. The number of fused-ring (bicyclic) bond motifs is 1. The summed E-state index contributed by atoms with van der Waals surface area (Å²) in [5.74, 6) is 0.404. The van der Waals surface area contributed by atoms with Crippen LogP contribution in [0.15, 0.2) is 35.2 Å². The number of aryl methyl sites for hydroxylation is 1. The molecule has 4 nitrogen and oxygen atoms in total. The van der Waals surface area contributed by atoms with Crippen LogP contribution in [0.3, 0.4) is 0 Å². The van der Waals surface area contributed by atoms with Gasteiger partial charge in [-0.15, -0.1) is 0 Å². The summed E-state index contributed by atoms with van der Waals surface area (Å²) < 4.78 is 58.9. The molecule has 0 aliphatic rings. The molecule has 0 radical (unpaired) electrons. The molecule has 24 heavy (non-hydrogen) atoms. The molecule has 0 saturated heterocycles. The molecule has 2 rings (SSSR count). The zero-order valence-corrected chi connectivity index (χ0v) is 14.8. The van der Waals surface area contributed by atoms with Crippen molar-refractivity contribution in [2.24, 2.45) is 0 Å². The van der Waals surface area contributed by atoms with Crippen molar-refractivity contribution in [1.29, 1.82) is 0 Å². The number of phenols is 1. The zero-order chi connectivity index (χ0) is 18.7. The van der Waals surface area contributed by atoms with Gasteiger partial charge < -0.3 is 9.66 Å². The Kier molecular flexibility index (Phi) is 6.54. The van der Waals surface area contributed by atoms with Crippen LogP contribution in [0.4, 0.5) is 13.2 Å². The smallest absolute Gasteiger partial charge is 0.485 e. The Balaban J connectivity index is 0.000000307. The van der Waals surface area contributed by atoms with Crippen molar-refractivity contribution in [3.05, 3.63) is 35.9 Å². The fourth-order valence-corrected chi connectivity index (χ4v) is 3.03. The molecule has 0 atom stereocenters. The van der Waals surface area contributed by atoms with Gasteiger partial charge in [-0.05, 0) is 30.2 Å². The van der Waals surface area contributed by atoms with Gasteiger partial charge in [0.2, 0.25) is 0 Å². The molecule has 0 spiro atoms. The molecule has 0 saturated carbocycles. The van der Waals surface area contributed by atoms with Crippen LogP contribution < -0.4 is 0 Å². The minimum Gasteiger partial charge on any atom is -0.741 e. The average molecular weight is 382 g/mol. The quantitative estimate of drug-likeness (QED) is 0.491. The summed E-state index contributed by atoms with van der Waals surface area (Å²) in [6.45, 7) is 2.12. The maximum Gasteiger partial charge on any atom is 0.485 e. The van der Waals surface area contributed by atoms with E-state index < -0.39 is 15.6 Å². The highest BCUT2D eigenvalue weighted by Crippen LogP contribution is 2.32. The fraction of sp³-hybridized carbons (Fsp3) is 0.333. The lowest BCUT2D eigenvalue weighted by Gasteiger charge is -2.09. The molecule has 0 aromatic heterocycles. The summed E-state index contributed by atoms with van der Waals surface area (Å²) in [5, 5.41) is 12.2. The van der Waals surface area contributed by atoms with Gasteiger partial charge in [-0.2, -0.15) is 13.2 Å². The van der Waals surface area contributed by atoms with Crippen LogP contribution in [-0.2, 0) is 27.4 Å². The molecular weight excluding hydrogens is 365 g/mol. The number of hydrogen-bond donors (Lipinski definition) is 1. The summed E-state index contributed by atoms with van der Waals surface area (Å²) >= 11 is 0. The molecule has 0 aliphatic heterocycles. The third-order valence-corrected chi connectivity index (χ3v) is 4.97. The van der Waals surface area contributed by atoms with Crippen LogP contribution in [0.1, 0.15) is 12.5 Å². The number of hydrogen-bond acceptors (Lipinski definition) is 4. The van der Waals surface area contributed by atoms with E-state index in [-0.39, 0.29) is 10.9 Å². The van der Waals surface area contributed by atoms with E-state index >= 15 is 0 Å². The maximum atomic E-state index is 10.7. The van der Waals surface area contributed by atoms with Crippen molar-refractivity contribution in [3.8, 4) is 5.75 Å². The van der Waals surface area contributed by atoms with E-state index in [4.69, 9.17) is 13.0 Å². The first-order valence-electron chi connectivity index (χ1n) is 6.73. The highest BCUT2D eigenvalue weighted by Gasteiger charge is 2.36. The minimum atomic E-state index is -6.09. The van der Waals surface area contributed by atoms with Gasteiger partial charge in [0.15, 0.2) is 15.0 Å². The van der Waals surface area contributed by atoms with Crippen LogP contribution in [0.25, 0.3) is 10.8 Å². The molecule has 134 valence electrons. The lowest BCUT2D eigenvalue weighted by molar-refractivity contribution is -0.0517. The Bertz CT molecular complexity index is 815. The lowest BCUT2D eigenvalue weighted by atomic mass is 10.0. The number of alkyl halides is 3. The molecule has 2 aromatic rings. The van der Waals surface area contributed by atoms with E-state index in [1.54, 1.807) is 6.07 Å². The monoisotopic (exact) mass is 382 g/mol. The summed E-state index contributed by atoms with van der Waals surface area (Å²) in [7, 11) is -5.87. The van der Waals surface area contributed by atoms with E-state index in [1.807, 2.05) is 6.07 Å². The van der Waals surface area contributed by atoms with E-state index in [0.29, 0.717) is 5.75 Å². The first-order valence-corrected chi connectivity index (χ1v) is 10.2. The number of phenolic OH excluding ortho intramolecular Hbond substituents is 1. The first-order chi connectivity index (χ1) is 10.9. The second-order valence-corrected chi connectivity index (χ2v) is 8.44. The normalized spacial score (nSPS) is 12.2. The van der Waals surface area contributed by atoms with Gasteiger partial charge in [0.05, 0.1) is 0 Å². The second kappa shape index (κ2) is 7.62. The highest BCUT2D eigenvalue weighted by molar-refractivity contribution is 7.95. The first kappa shape index (κ1) is 20.6. The van der Waals surface area contributed by atoms with Crippen LogP contribution >= 0.6 is 0 Å². The van der Waals surface area contributed by atoms with Gasteiger partial charge in [0, 0.05) is 21.7 Å². The topological polar surface area (TPSA) is 77.4 Å². The fourth-order valence-electron chi connectivity index (χ4n) is 2.08. The number of halogens is 3. The lowest BCUT2D eigenvalue weighted by Crippen LogP contribution is -2.21. The van der Waals surface area contributed by atoms with E-state index in [0.717, 1.165) is 11.8 Å². The Morgan fingerprint density at radius 3 is 2.12 bits per heavy atom. The molecule has 0 bridgehead atoms. The van der Waals surface area contributed by atoms with Gasteiger partial charge in [-0.1, -0.05) is 19.1 Å². The van der Waals surface area contributed by atoms with Crippen LogP contribution in [0.2, 0.25) is 0 Å². The molecule has 2 aromatic carbocycles. The summed E-state index contributed by atoms with van der Waals surface area (Å²) in [6.07, 6.45) is 5.38. The SMILES string of the molecule is CCc1ccc([S+](C)C)c2cccc(O)c12.O=S(=O)([O-])C(F)(F)F. The molecular formula is C15H17F3O4S2. The van der Waals surface area contributed by atoms with Gasteiger partial charge >= 0.3 is 5.51 Å². The van der Waals surface area contributed by atoms with Crippen molar-refractivity contribution in [2.75, 3.05) is 12.5 Å². The Morgan fingerprint density at radius 2 is 1.71 bits per heavy atom. The van der Waals surface area contributed by atoms with E-state index in [9.17, 15) is 18.3 Å². The predicted molar refractivity (Wildman–Crippen MR) is 88.2 cm³/mol. The zero-order valence-electron chi connectivity index (χ0n) is 13.2. The van der Waals surface area contributed by atoms with E-state index in [2.05, 4.69) is 37.6 Å². The molecule has 0 aliphatic carbocycles. The number of aromatic hydroxyl groups is 1. The summed E-state index contributed by atoms with van der Waals surface area (Å²) in [4.78, 5) is 1.34. The molecule has 1 N–H and O–H groups in total. The average Bonchev–Trinajstić information content (AvgIpc) is 2.44. The molecule has 0 amide bonds. The summed E-state index contributed by atoms with van der Waals surface area (Å²) in [5.41, 5.74) is -4.42. The third kappa shape index (κ3) is 4.78. The molecule has 9 heteroatoms. The minimum absolute atomic E-state index is 0.217. The van der Waals surface area contributed by atoms with Crippen molar-refractivity contribution in [3.63, 3.8) is 0 Å². The van der Waals surface area contributed by atoms with Crippen LogP contribution in [0, 0.1) is 0 Å². The largest absolute Gasteiger partial charge is 0.741 e. The van der Waals surface area contributed by atoms with Gasteiger partial charge in [-0.3, -0.25) is 0 Å². The molecule has 0 unspecified atom stereocenters. The Labute approximate surface area is 141 Å². The van der Waals surface area contributed by atoms with Crippen LogP contribution in [0.5, 0.6) is 5.75 Å². The number of benzene rings is 2. The predicted octanol–water partition coefficient (Wildman–Crippen LogP) is 3.40. The highest BCUT2D eigenvalue weighted by atomic mass is 32.2. The molecule has 0 fully saturated rings. The van der Waals surface area contributed by atoms with Gasteiger partial charge in [0.25, 0.3) is 0 Å².